The van der Waals surface area contributed by atoms with Crippen LogP contribution in [0.3, 0.4) is 0 Å². The minimum atomic E-state index is -0.891. The van der Waals surface area contributed by atoms with Crippen molar-refractivity contribution in [1.29, 1.82) is 5.26 Å². The molecule has 1 saturated carbocycles. The van der Waals surface area contributed by atoms with Crippen molar-refractivity contribution in [2.24, 2.45) is 11.8 Å². The van der Waals surface area contributed by atoms with E-state index in [0.717, 1.165) is 33.0 Å². The maximum Gasteiger partial charge on any atom is 0.307 e. The molecule has 31 heavy (non-hydrogen) atoms. The van der Waals surface area contributed by atoms with Crippen LogP contribution < -0.4 is 5.32 Å². The number of carboxylic acids is 1. The summed E-state index contributed by atoms with van der Waals surface area (Å²) in [5.41, 5.74) is 3.15. The number of hydrogen-bond acceptors (Lipinski definition) is 6. The van der Waals surface area contributed by atoms with Crippen LogP contribution in [0.4, 0.5) is 5.69 Å². The van der Waals surface area contributed by atoms with E-state index < -0.39 is 17.8 Å². The first-order valence-corrected chi connectivity index (χ1v) is 11.9. The van der Waals surface area contributed by atoms with Crippen molar-refractivity contribution < 1.29 is 14.7 Å². The molecule has 0 radical (unpaired) electrons. The van der Waals surface area contributed by atoms with E-state index in [0.29, 0.717) is 29.8 Å². The Balaban J connectivity index is 1.45. The van der Waals surface area contributed by atoms with Gasteiger partial charge in [0.05, 0.1) is 33.7 Å². The van der Waals surface area contributed by atoms with Crippen LogP contribution in [0.2, 0.25) is 0 Å². The number of hydrogen-bond donors (Lipinski definition) is 2. The summed E-state index contributed by atoms with van der Waals surface area (Å²) in [4.78, 5) is 28.9. The van der Waals surface area contributed by atoms with Crippen molar-refractivity contribution >= 4 is 50.9 Å². The van der Waals surface area contributed by atoms with Crippen LogP contribution in [-0.2, 0) is 15.3 Å². The molecule has 8 heteroatoms. The van der Waals surface area contributed by atoms with Gasteiger partial charge in [-0.15, -0.1) is 11.3 Å². The van der Waals surface area contributed by atoms with Gasteiger partial charge in [-0.2, -0.15) is 5.26 Å². The fraction of sp³-hybridized carbons (Fsp3) is 0.304. The quantitative estimate of drug-likeness (QED) is 0.494. The number of amides is 1. The molecule has 0 unspecified atom stereocenters. The second kappa shape index (κ2) is 9.50. The molecule has 1 aliphatic carbocycles. The first-order valence-electron chi connectivity index (χ1n) is 10.1. The number of carbonyl (C=O) groups excluding carboxylic acids is 1. The molecule has 2 aromatic carbocycles. The molecule has 1 aliphatic rings. The first kappa shape index (κ1) is 21.3. The van der Waals surface area contributed by atoms with E-state index in [9.17, 15) is 20.0 Å². The molecular formula is C23H21N3O3S2. The predicted octanol–water partition coefficient (Wildman–Crippen LogP) is 5.29. The smallest absolute Gasteiger partial charge is 0.307 e. The largest absolute Gasteiger partial charge is 0.481 e. The minimum absolute atomic E-state index is 0.223. The monoisotopic (exact) mass is 451 g/mol. The Hall–Kier alpha value is -2.89. The Morgan fingerprint density at radius 1 is 1.19 bits per heavy atom. The number of nitrogens with one attached hydrogen (secondary N) is 1. The van der Waals surface area contributed by atoms with Crippen molar-refractivity contribution in [3.05, 3.63) is 53.6 Å². The van der Waals surface area contributed by atoms with Crippen LogP contribution in [0, 0.1) is 23.2 Å². The zero-order valence-corrected chi connectivity index (χ0v) is 18.3. The van der Waals surface area contributed by atoms with Gasteiger partial charge < -0.3 is 10.4 Å². The van der Waals surface area contributed by atoms with Gasteiger partial charge in [0.25, 0.3) is 0 Å². The fourth-order valence-corrected chi connectivity index (χ4v) is 6.02. The summed E-state index contributed by atoms with van der Waals surface area (Å²) in [7, 11) is 0. The summed E-state index contributed by atoms with van der Waals surface area (Å²) in [6, 6.07) is 15.3. The molecule has 0 saturated heterocycles. The number of thioether (sulfide) groups is 1. The van der Waals surface area contributed by atoms with Gasteiger partial charge in [-0.05, 0) is 42.7 Å². The number of aliphatic carboxylic acids is 1. The number of nitrogens with zero attached hydrogens (tertiary/aromatic N) is 2. The van der Waals surface area contributed by atoms with Crippen molar-refractivity contribution in [3.8, 4) is 6.07 Å². The molecule has 2 N–H and O–H groups in total. The lowest BCUT2D eigenvalue weighted by Crippen LogP contribution is -2.36. The molecule has 0 spiro atoms. The highest BCUT2D eigenvalue weighted by Gasteiger charge is 2.35. The lowest BCUT2D eigenvalue weighted by molar-refractivity contribution is -0.147. The molecule has 1 amide bonds. The average molecular weight is 452 g/mol. The summed E-state index contributed by atoms with van der Waals surface area (Å²) in [6.45, 7) is 0. The summed E-state index contributed by atoms with van der Waals surface area (Å²) in [6.07, 6.45) is 2.89. The van der Waals surface area contributed by atoms with Crippen LogP contribution in [0.15, 0.2) is 46.8 Å². The Kier molecular flexibility index (Phi) is 6.54. The van der Waals surface area contributed by atoms with Crippen LogP contribution >= 0.6 is 23.1 Å². The van der Waals surface area contributed by atoms with Crippen molar-refractivity contribution in [3.63, 3.8) is 0 Å². The van der Waals surface area contributed by atoms with E-state index in [4.69, 9.17) is 0 Å². The average Bonchev–Trinajstić information content (AvgIpc) is 3.20. The van der Waals surface area contributed by atoms with E-state index in [1.807, 2.05) is 36.4 Å². The minimum Gasteiger partial charge on any atom is -0.481 e. The van der Waals surface area contributed by atoms with Gasteiger partial charge in [0.15, 0.2) is 4.34 Å². The third-order valence-electron chi connectivity index (χ3n) is 5.55. The molecule has 6 nitrogen and oxygen atoms in total. The van der Waals surface area contributed by atoms with Gasteiger partial charge in [0.1, 0.15) is 0 Å². The lowest BCUT2D eigenvalue weighted by Gasteiger charge is -2.27. The number of benzene rings is 2. The third kappa shape index (κ3) is 4.89. The van der Waals surface area contributed by atoms with Gasteiger partial charge in [-0.25, -0.2) is 4.98 Å². The highest BCUT2D eigenvalue weighted by Crippen LogP contribution is 2.35. The highest BCUT2D eigenvalue weighted by molar-refractivity contribution is 8.00. The molecular weight excluding hydrogens is 430 g/mol. The second-order valence-corrected chi connectivity index (χ2v) is 9.80. The normalized spacial score (nSPS) is 18.4. The van der Waals surface area contributed by atoms with E-state index in [1.54, 1.807) is 17.8 Å². The topological polar surface area (TPSA) is 103 Å². The van der Waals surface area contributed by atoms with Crippen LogP contribution in [0.1, 0.15) is 36.8 Å². The lowest BCUT2D eigenvalue weighted by atomic mass is 9.78. The number of aromatic nitrogens is 1. The van der Waals surface area contributed by atoms with Crippen LogP contribution in [0.5, 0.6) is 0 Å². The van der Waals surface area contributed by atoms with Gasteiger partial charge in [-0.1, -0.05) is 42.8 Å². The predicted molar refractivity (Wildman–Crippen MR) is 122 cm³/mol. The molecule has 0 aliphatic heterocycles. The van der Waals surface area contributed by atoms with Gasteiger partial charge in [-0.3, -0.25) is 9.59 Å². The van der Waals surface area contributed by atoms with Crippen molar-refractivity contribution in [1.82, 2.24) is 4.98 Å². The third-order valence-corrected chi connectivity index (χ3v) is 7.76. The molecule has 2 atom stereocenters. The molecule has 4 rings (SSSR count). The highest BCUT2D eigenvalue weighted by atomic mass is 32.2. The number of thiazole rings is 1. The number of carboxylic acid groups (broad SMARTS) is 1. The zero-order valence-electron chi connectivity index (χ0n) is 16.7. The molecule has 0 bridgehead atoms. The second-order valence-electron chi connectivity index (χ2n) is 7.54. The van der Waals surface area contributed by atoms with E-state index in [2.05, 4.69) is 16.4 Å². The Morgan fingerprint density at radius 2 is 1.97 bits per heavy atom. The van der Waals surface area contributed by atoms with Crippen LogP contribution in [0.25, 0.3) is 10.2 Å². The van der Waals surface area contributed by atoms with Crippen LogP contribution in [-0.4, -0.2) is 22.0 Å². The summed E-state index contributed by atoms with van der Waals surface area (Å²) < 4.78 is 1.84. The number of fused-ring (bicyclic) bond motifs is 1. The van der Waals surface area contributed by atoms with E-state index in [-0.39, 0.29) is 5.91 Å². The van der Waals surface area contributed by atoms with E-state index >= 15 is 0 Å². The number of rotatable bonds is 6. The zero-order chi connectivity index (χ0) is 21.8. The molecule has 3 aromatic rings. The molecule has 1 fully saturated rings. The molecule has 1 aromatic heterocycles. The van der Waals surface area contributed by atoms with Gasteiger partial charge in [0, 0.05) is 11.4 Å². The van der Waals surface area contributed by atoms with Crippen molar-refractivity contribution in [2.75, 3.05) is 5.32 Å². The summed E-state index contributed by atoms with van der Waals surface area (Å²) in [5.74, 6) is -1.56. The van der Waals surface area contributed by atoms with Gasteiger partial charge >= 0.3 is 5.97 Å². The first-order chi connectivity index (χ1) is 15.0. The Bertz CT molecular complexity index is 1170. The number of nitriles is 1. The van der Waals surface area contributed by atoms with E-state index in [1.165, 1.54) is 11.3 Å². The van der Waals surface area contributed by atoms with Crippen molar-refractivity contribution in [2.45, 2.75) is 35.8 Å². The Labute approximate surface area is 188 Å². The fourth-order valence-electron chi connectivity index (χ4n) is 3.91. The Morgan fingerprint density at radius 3 is 2.74 bits per heavy atom. The number of carbonyl (C=O) groups is 2. The summed E-state index contributed by atoms with van der Waals surface area (Å²) in [5, 5.41) is 21.6. The SMILES string of the molecule is N#Cc1ccccc1CSc1nc2ccc(NC(=O)[C@H]3CCCC[C@@H]3C(=O)O)cc2s1. The summed E-state index contributed by atoms with van der Waals surface area (Å²) >= 11 is 3.11. The standard InChI is InChI=1S/C23H21N3O3S2/c24-12-14-5-1-2-6-15(14)13-30-23-26-19-10-9-16(11-20(19)31-23)25-21(27)17-7-3-4-8-18(17)22(28)29/h1-2,5-6,9-11,17-18H,3-4,7-8,13H2,(H,25,27)(H,28,29)/t17-,18-/m0/s1. The maximum atomic E-state index is 12.7. The maximum absolute atomic E-state index is 12.7. The number of anilines is 1. The molecule has 158 valence electrons. The molecule has 1 heterocycles. The van der Waals surface area contributed by atoms with Gasteiger partial charge in [0.2, 0.25) is 5.91 Å².